The first-order chi connectivity index (χ1) is 10.2. The van der Waals surface area contributed by atoms with Gasteiger partial charge >= 0.3 is 0 Å². The van der Waals surface area contributed by atoms with Gasteiger partial charge in [-0.15, -0.1) is 0 Å². The van der Waals surface area contributed by atoms with E-state index in [4.69, 9.17) is 21.1 Å². The van der Waals surface area contributed by atoms with Gasteiger partial charge in [0.05, 0.1) is 19.3 Å². The molecule has 0 N–H and O–H groups in total. The van der Waals surface area contributed by atoms with E-state index in [0.717, 1.165) is 5.56 Å². The van der Waals surface area contributed by atoms with Crippen LogP contribution in [-0.4, -0.2) is 45.1 Å². The first kappa shape index (κ1) is 17.5. The molecule has 124 valence electrons. The summed E-state index contributed by atoms with van der Waals surface area (Å²) in [5.41, 5.74) is 1.31. The van der Waals surface area contributed by atoms with E-state index in [-0.39, 0.29) is 17.1 Å². The summed E-state index contributed by atoms with van der Waals surface area (Å²) in [6.07, 6.45) is -0.295. The molecule has 1 aliphatic rings. The highest BCUT2D eigenvalue weighted by Crippen LogP contribution is 2.37. The first-order valence-corrected chi connectivity index (χ1v) is 8.99. The van der Waals surface area contributed by atoms with Crippen LogP contribution in [0.5, 0.6) is 5.75 Å². The Kier molecular flexibility index (Phi) is 5.06. The Morgan fingerprint density at radius 3 is 2.32 bits per heavy atom. The minimum absolute atomic E-state index is 0.145. The summed E-state index contributed by atoms with van der Waals surface area (Å²) in [6.45, 7) is 7.90. The van der Waals surface area contributed by atoms with E-state index in [2.05, 4.69) is 0 Å². The van der Waals surface area contributed by atoms with Crippen LogP contribution in [-0.2, 0) is 14.8 Å². The van der Waals surface area contributed by atoms with Gasteiger partial charge in [-0.2, -0.15) is 4.31 Å². The number of benzene rings is 1. The summed E-state index contributed by atoms with van der Waals surface area (Å²) >= 11 is 6.25. The second kappa shape index (κ2) is 6.35. The van der Waals surface area contributed by atoms with E-state index in [9.17, 15) is 8.42 Å². The molecule has 0 unspecified atom stereocenters. The van der Waals surface area contributed by atoms with Gasteiger partial charge in [-0.05, 0) is 44.9 Å². The second-order valence-electron chi connectivity index (χ2n) is 5.74. The molecule has 0 aliphatic carbocycles. The van der Waals surface area contributed by atoms with E-state index >= 15 is 0 Å². The predicted octanol–water partition coefficient (Wildman–Crippen LogP) is 2.76. The van der Waals surface area contributed by atoms with Crippen LogP contribution in [0.4, 0.5) is 0 Å². The Morgan fingerprint density at radius 2 is 1.82 bits per heavy atom. The fourth-order valence-electron chi connectivity index (χ4n) is 2.83. The topological polar surface area (TPSA) is 55.8 Å². The number of ether oxygens (including phenoxy) is 2. The molecule has 5 nitrogen and oxygen atoms in total. The minimum Gasteiger partial charge on any atom is -0.495 e. The van der Waals surface area contributed by atoms with Crippen LogP contribution < -0.4 is 4.74 Å². The number of nitrogens with zero attached hydrogens (tertiary/aromatic N) is 1. The van der Waals surface area contributed by atoms with Gasteiger partial charge in [0.15, 0.2) is 0 Å². The Labute approximate surface area is 137 Å². The molecule has 1 fully saturated rings. The van der Waals surface area contributed by atoms with Crippen LogP contribution in [0.25, 0.3) is 0 Å². The molecule has 0 aromatic heterocycles. The van der Waals surface area contributed by atoms with Crippen LogP contribution >= 0.6 is 11.6 Å². The number of sulfonamides is 1. The third kappa shape index (κ3) is 3.11. The molecule has 7 heteroatoms. The molecule has 1 saturated heterocycles. The average molecular weight is 348 g/mol. The highest BCUT2D eigenvalue weighted by molar-refractivity contribution is 7.89. The number of hydrogen-bond donors (Lipinski definition) is 0. The monoisotopic (exact) mass is 347 g/mol. The second-order valence-corrected chi connectivity index (χ2v) is 8.00. The van der Waals surface area contributed by atoms with Gasteiger partial charge in [-0.3, -0.25) is 0 Å². The highest BCUT2D eigenvalue weighted by atomic mass is 35.5. The van der Waals surface area contributed by atoms with Crippen LogP contribution in [0, 0.1) is 13.8 Å². The number of methoxy groups -OCH3 is 1. The van der Waals surface area contributed by atoms with Gasteiger partial charge in [0.2, 0.25) is 10.0 Å². The lowest BCUT2D eigenvalue weighted by Crippen LogP contribution is -2.48. The number of rotatable bonds is 3. The van der Waals surface area contributed by atoms with Gasteiger partial charge < -0.3 is 9.47 Å². The van der Waals surface area contributed by atoms with Crippen molar-refractivity contribution in [2.75, 3.05) is 20.2 Å². The molecule has 1 heterocycles. The average Bonchev–Trinajstić information content (AvgIpc) is 2.42. The molecule has 0 bridgehead atoms. The standard InChI is InChI=1S/C15H22ClNO4S/c1-9-6-13(20-5)15(12(4)14(9)16)22(18,19)17-7-10(2)21-11(3)8-17/h6,10-11H,7-8H2,1-5H3/t10-,11-/m0/s1. The SMILES string of the molecule is COc1cc(C)c(Cl)c(C)c1S(=O)(=O)N1C[C@H](C)O[C@@H](C)C1. The van der Waals surface area contributed by atoms with Crippen molar-refractivity contribution in [2.45, 2.75) is 44.8 Å². The number of halogens is 1. The Balaban J connectivity index is 2.56. The third-order valence-corrected chi connectivity index (χ3v) is 6.37. The molecule has 22 heavy (non-hydrogen) atoms. The molecular weight excluding hydrogens is 326 g/mol. The summed E-state index contributed by atoms with van der Waals surface area (Å²) in [6, 6.07) is 1.66. The van der Waals surface area contributed by atoms with Crippen molar-refractivity contribution >= 4 is 21.6 Å². The third-order valence-electron chi connectivity index (χ3n) is 3.79. The Hall–Kier alpha value is -0.820. The van der Waals surface area contributed by atoms with E-state index in [0.29, 0.717) is 29.4 Å². The van der Waals surface area contributed by atoms with Crippen LogP contribution in [0.15, 0.2) is 11.0 Å². The fraction of sp³-hybridized carbons (Fsp3) is 0.600. The fourth-order valence-corrected chi connectivity index (χ4v) is 5.00. The molecule has 2 rings (SSSR count). The molecule has 0 spiro atoms. The van der Waals surface area contributed by atoms with Crippen molar-refractivity contribution in [1.82, 2.24) is 4.31 Å². The summed E-state index contributed by atoms with van der Waals surface area (Å²) in [5.74, 6) is 0.325. The minimum atomic E-state index is -3.70. The number of aryl methyl sites for hydroxylation is 1. The number of morpholine rings is 1. The lowest BCUT2D eigenvalue weighted by Gasteiger charge is -2.35. The molecule has 0 radical (unpaired) electrons. The van der Waals surface area contributed by atoms with Crippen molar-refractivity contribution in [3.05, 3.63) is 22.2 Å². The van der Waals surface area contributed by atoms with Crippen molar-refractivity contribution in [1.29, 1.82) is 0 Å². The van der Waals surface area contributed by atoms with Gasteiger partial charge in [0, 0.05) is 18.1 Å². The number of hydrogen-bond acceptors (Lipinski definition) is 4. The zero-order chi connectivity index (χ0) is 16.7. The van der Waals surface area contributed by atoms with Gasteiger partial charge in [0.25, 0.3) is 0 Å². The van der Waals surface area contributed by atoms with Crippen LogP contribution in [0.2, 0.25) is 5.02 Å². The van der Waals surface area contributed by atoms with Gasteiger partial charge in [0.1, 0.15) is 10.6 Å². The van der Waals surface area contributed by atoms with E-state index in [1.807, 2.05) is 20.8 Å². The zero-order valence-electron chi connectivity index (χ0n) is 13.5. The van der Waals surface area contributed by atoms with Crippen molar-refractivity contribution in [3.8, 4) is 5.75 Å². The molecule has 0 saturated carbocycles. The van der Waals surface area contributed by atoms with E-state index in [1.54, 1.807) is 13.0 Å². The largest absolute Gasteiger partial charge is 0.495 e. The van der Waals surface area contributed by atoms with Crippen LogP contribution in [0.3, 0.4) is 0 Å². The van der Waals surface area contributed by atoms with Crippen molar-refractivity contribution < 1.29 is 17.9 Å². The highest BCUT2D eigenvalue weighted by Gasteiger charge is 2.35. The molecule has 1 aliphatic heterocycles. The van der Waals surface area contributed by atoms with Crippen molar-refractivity contribution in [3.63, 3.8) is 0 Å². The van der Waals surface area contributed by atoms with E-state index < -0.39 is 10.0 Å². The predicted molar refractivity (Wildman–Crippen MR) is 86.2 cm³/mol. The Morgan fingerprint density at radius 1 is 1.27 bits per heavy atom. The normalized spacial score (nSPS) is 23.5. The van der Waals surface area contributed by atoms with Gasteiger partial charge in [-0.1, -0.05) is 11.6 Å². The van der Waals surface area contributed by atoms with Crippen LogP contribution in [0.1, 0.15) is 25.0 Å². The summed E-state index contributed by atoms with van der Waals surface area (Å²) in [4.78, 5) is 0.145. The maximum Gasteiger partial charge on any atom is 0.247 e. The maximum atomic E-state index is 13.1. The smallest absolute Gasteiger partial charge is 0.247 e. The molecular formula is C15H22ClNO4S. The summed E-state index contributed by atoms with van der Waals surface area (Å²) < 4.78 is 38.5. The zero-order valence-corrected chi connectivity index (χ0v) is 15.1. The molecule has 1 aromatic carbocycles. The van der Waals surface area contributed by atoms with Gasteiger partial charge in [-0.25, -0.2) is 8.42 Å². The summed E-state index contributed by atoms with van der Waals surface area (Å²) in [5, 5.41) is 0.453. The Bertz CT molecular complexity index is 665. The van der Waals surface area contributed by atoms with Crippen molar-refractivity contribution in [2.24, 2.45) is 0 Å². The molecule has 2 atom stereocenters. The van der Waals surface area contributed by atoms with E-state index in [1.165, 1.54) is 11.4 Å². The molecule has 0 amide bonds. The lowest BCUT2D eigenvalue weighted by molar-refractivity contribution is -0.0441. The molecule has 1 aromatic rings. The quantitative estimate of drug-likeness (QED) is 0.843. The first-order valence-electron chi connectivity index (χ1n) is 7.17. The lowest BCUT2D eigenvalue weighted by atomic mass is 10.1. The summed E-state index contributed by atoms with van der Waals surface area (Å²) in [7, 11) is -2.23. The maximum absolute atomic E-state index is 13.1.